The number of halogens is 1. The van der Waals surface area contributed by atoms with E-state index in [0.29, 0.717) is 6.61 Å². The summed E-state index contributed by atoms with van der Waals surface area (Å²) in [5.41, 5.74) is 0. The molecule has 0 aliphatic carbocycles. The normalized spacial score (nSPS) is 32.6. The van der Waals surface area contributed by atoms with E-state index < -0.39 is 13.2 Å². The molecule has 2 unspecified atom stereocenters. The first kappa shape index (κ1) is 9.72. The maximum atomic E-state index is 11.4. The van der Waals surface area contributed by atoms with E-state index in [9.17, 15) is 4.57 Å². The van der Waals surface area contributed by atoms with Gasteiger partial charge in [0.2, 0.25) is 6.03 Å². The average molecular weight is 243 g/mol. The van der Waals surface area contributed by atoms with Crippen LogP contribution in [0.1, 0.15) is 0 Å². The second-order valence-electron chi connectivity index (χ2n) is 2.99. The van der Waals surface area contributed by atoms with Gasteiger partial charge in [0, 0.05) is 5.33 Å². The summed E-state index contributed by atoms with van der Waals surface area (Å²) in [7, 11) is -2.23. The van der Waals surface area contributed by atoms with Crippen molar-refractivity contribution in [3.05, 3.63) is 0 Å². The van der Waals surface area contributed by atoms with Crippen LogP contribution in [0, 0.1) is 0 Å². The molecule has 0 bridgehead atoms. The third kappa shape index (κ3) is 2.55. The Balaban J connectivity index is 2.48. The lowest BCUT2D eigenvalue weighted by atomic mass is 10.5. The molecule has 1 fully saturated rings. The van der Waals surface area contributed by atoms with Crippen LogP contribution in [0.15, 0.2) is 0 Å². The van der Waals surface area contributed by atoms with E-state index in [1.54, 1.807) is 13.3 Å². The molecule has 0 radical (unpaired) electrons. The van der Waals surface area contributed by atoms with Crippen molar-refractivity contribution in [2.75, 3.05) is 25.3 Å². The lowest BCUT2D eigenvalue weighted by Gasteiger charge is -2.14. The molecule has 0 aromatic heterocycles. The van der Waals surface area contributed by atoms with Crippen LogP contribution in [0.4, 0.5) is 0 Å². The minimum Gasteiger partial charge on any atom is -0.343 e. The van der Waals surface area contributed by atoms with E-state index >= 15 is 0 Å². The molecule has 0 aromatic carbocycles. The Bertz CT molecular complexity index is 179. The Morgan fingerprint density at radius 1 is 1.64 bits per heavy atom. The van der Waals surface area contributed by atoms with Gasteiger partial charge in [0.1, 0.15) is 7.14 Å². The molecule has 1 aliphatic rings. The Morgan fingerprint density at radius 2 is 2.27 bits per heavy atom. The molecule has 1 rings (SSSR count). The van der Waals surface area contributed by atoms with Crippen LogP contribution in [0.2, 0.25) is 0 Å². The highest BCUT2D eigenvalue weighted by Crippen LogP contribution is 2.46. The highest BCUT2D eigenvalue weighted by molar-refractivity contribution is 9.09. The highest BCUT2D eigenvalue weighted by atomic mass is 79.9. The number of alkyl halides is 1. The fourth-order valence-corrected chi connectivity index (χ4v) is 2.09. The maximum absolute atomic E-state index is 11.4. The molecule has 0 aromatic rings. The highest BCUT2D eigenvalue weighted by Gasteiger charge is 2.33. The SMILES string of the molecule is CP(C)(=O)C1OCC(CBr)O1. The van der Waals surface area contributed by atoms with Crippen LogP contribution in [0.3, 0.4) is 0 Å². The predicted molar refractivity (Wildman–Crippen MR) is 47.9 cm³/mol. The lowest BCUT2D eigenvalue weighted by molar-refractivity contribution is 0.0101. The molecule has 66 valence electrons. The molecule has 1 heterocycles. The smallest absolute Gasteiger partial charge is 0.211 e. The van der Waals surface area contributed by atoms with E-state index in [-0.39, 0.29) is 6.10 Å². The van der Waals surface area contributed by atoms with E-state index in [0.717, 1.165) is 5.33 Å². The Hall–Kier alpha value is 0.630. The molecule has 0 spiro atoms. The molecule has 0 N–H and O–H groups in total. The first-order valence-corrected chi connectivity index (χ1v) is 7.21. The van der Waals surface area contributed by atoms with E-state index in [1.807, 2.05) is 0 Å². The third-order valence-corrected chi connectivity index (χ3v) is 3.42. The maximum Gasteiger partial charge on any atom is 0.211 e. The summed E-state index contributed by atoms with van der Waals surface area (Å²) in [5.74, 6) is 0. The topological polar surface area (TPSA) is 35.5 Å². The van der Waals surface area contributed by atoms with Gasteiger partial charge in [-0.2, -0.15) is 0 Å². The molecule has 1 aliphatic heterocycles. The van der Waals surface area contributed by atoms with Gasteiger partial charge in [-0.3, -0.25) is 0 Å². The van der Waals surface area contributed by atoms with Crippen molar-refractivity contribution < 1.29 is 14.0 Å². The predicted octanol–water partition coefficient (Wildman–Crippen LogP) is 1.70. The zero-order chi connectivity index (χ0) is 8.48. The number of hydrogen-bond acceptors (Lipinski definition) is 3. The summed E-state index contributed by atoms with van der Waals surface area (Å²) in [6.07, 6.45) is 0.0632. The lowest BCUT2D eigenvalue weighted by Crippen LogP contribution is -2.13. The summed E-state index contributed by atoms with van der Waals surface area (Å²) < 4.78 is 22.0. The minimum absolute atomic E-state index is 0.0632. The Morgan fingerprint density at radius 3 is 2.55 bits per heavy atom. The van der Waals surface area contributed by atoms with Gasteiger partial charge in [-0.1, -0.05) is 15.9 Å². The quantitative estimate of drug-likeness (QED) is 0.547. The molecule has 11 heavy (non-hydrogen) atoms. The minimum atomic E-state index is -2.23. The molecule has 3 nitrogen and oxygen atoms in total. The van der Waals surface area contributed by atoms with Crippen molar-refractivity contribution >= 4 is 23.1 Å². The van der Waals surface area contributed by atoms with Crippen molar-refractivity contribution in [1.82, 2.24) is 0 Å². The number of ether oxygens (including phenoxy) is 2. The summed E-state index contributed by atoms with van der Waals surface area (Å²) in [6, 6.07) is -0.481. The van der Waals surface area contributed by atoms with Crippen LogP contribution in [0.25, 0.3) is 0 Å². The van der Waals surface area contributed by atoms with Crippen molar-refractivity contribution in [3.8, 4) is 0 Å². The standard InChI is InChI=1S/C6H12BrO3P/c1-11(2,8)6-9-4-5(3-7)10-6/h5-6H,3-4H2,1-2H3. The van der Waals surface area contributed by atoms with Crippen molar-refractivity contribution in [2.45, 2.75) is 12.1 Å². The van der Waals surface area contributed by atoms with E-state index in [2.05, 4.69) is 15.9 Å². The molecule has 1 saturated heterocycles. The fraction of sp³-hybridized carbons (Fsp3) is 1.00. The third-order valence-electron chi connectivity index (χ3n) is 1.41. The number of hydrogen-bond donors (Lipinski definition) is 0. The zero-order valence-corrected chi connectivity index (χ0v) is 9.10. The molecular weight excluding hydrogens is 231 g/mol. The van der Waals surface area contributed by atoms with Gasteiger partial charge in [0.25, 0.3) is 0 Å². The second kappa shape index (κ2) is 3.56. The van der Waals surface area contributed by atoms with Crippen LogP contribution >= 0.6 is 23.1 Å². The van der Waals surface area contributed by atoms with Crippen molar-refractivity contribution in [3.63, 3.8) is 0 Å². The van der Waals surface area contributed by atoms with Gasteiger partial charge in [-0.05, 0) is 13.3 Å². The second-order valence-corrected chi connectivity index (χ2v) is 6.92. The van der Waals surface area contributed by atoms with Crippen molar-refractivity contribution in [1.29, 1.82) is 0 Å². The Kier molecular flexibility index (Phi) is 3.15. The zero-order valence-electron chi connectivity index (χ0n) is 6.62. The van der Waals surface area contributed by atoms with Crippen LogP contribution in [0.5, 0.6) is 0 Å². The van der Waals surface area contributed by atoms with Gasteiger partial charge >= 0.3 is 0 Å². The summed E-state index contributed by atoms with van der Waals surface area (Å²) in [4.78, 5) is 0. The molecule has 0 amide bonds. The summed E-state index contributed by atoms with van der Waals surface area (Å²) in [5, 5.41) is 0.740. The van der Waals surface area contributed by atoms with Crippen LogP contribution in [-0.4, -0.2) is 37.4 Å². The largest absolute Gasteiger partial charge is 0.343 e. The molecular formula is C6H12BrO3P. The summed E-state index contributed by atoms with van der Waals surface area (Å²) in [6.45, 7) is 3.89. The monoisotopic (exact) mass is 242 g/mol. The van der Waals surface area contributed by atoms with Gasteiger partial charge < -0.3 is 14.0 Å². The van der Waals surface area contributed by atoms with Crippen LogP contribution in [-0.2, 0) is 14.0 Å². The van der Waals surface area contributed by atoms with Gasteiger partial charge in [-0.15, -0.1) is 0 Å². The Labute approximate surface area is 74.9 Å². The van der Waals surface area contributed by atoms with E-state index in [4.69, 9.17) is 9.47 Å². The number of rotatable bonds is 2. The molecule has 2 atom stereocenters. The average Bonchev–Trinajstić information content (AvgIpc) is 2.32. The van der Waals surface area contributed by atoms with Gasteiger partial charge in [0.15, 0.2) is 0 Å². The van der Waals surface area contributed by atoms with Crippen molar-refractivity contribution in [2.24, 2.45) is 0 Å². The van der Waals surface area contributed by atoms with E-state index in [1.165, 1.54) is 0 Å². The first-order chi connectivity index (χ1) is 5.04. The molecule has 0 saturated carbocycles. The van der Waals surface area contributed by atoms with Gasteiger partial charge in [0.05, 0.1) is 12.7 Å². The van der Waals surface area contributed by atoms with Gasteiger partial charge in [-0.25, -0.2) is 0 Å². The summed E-state index contributed by atoms with van der Waals surface area (Å²) >= 11 is 3.28. The fourth-order valence-electron chi connectivity index (χ4n) is 0.840. The van der Waals surface area contributed by atoms with Crippen LogP contribution < -0.4 is 0 Å². The molecule has 5 heteroatoms. The first-order valence-electron chi connectivity index (χ1n) is 3.41.